The zero-order valence-electron chi connectivity index (χ0n) is 11.0. The molecule has 0 atom stereocenters. The number of aromatic nitrogens is 2. The van der Waals surface area contributed by atoms with Gasteiger partial charge >= 0.3 is 0 Å². The van der Waals surface area contributed by atoms with Gasteiger partial charge in [0.05, 0.1) is 11.9 Å². The Balaban J connectivity index is 1.73. The molecule has 0 spiro atoms. The van der Waals surface area contributed by atoms with Gasteiger partial charge in [-0.2, -0.15) is 0 Å². The first-order chi connectivity index (χ1) is 10.2. The maximum Gasteiger partial charge on any atom is 0.248 e. The molecule has 0 aliphatic carbocycles. The number of hydrogen-bond acceptors (Lipinski definition) is 2. The lowest BCUT2D eigenvalue weighted by Crippen LogP contribution is -2.07. The van der Waals surface area contributed by atoms with Gasteiger partial charge in [0.25, 0.3) is 0 Å². The fraction of sp³-hybridized carbons (Fsp3) is 0. The molecule has 3 rings (SSSR count). The topological polar surface area (TPSA) is 46.4 Å². The first-order valence-electron chi connectivity index (χ1n) is 6.39. The minimum Gasteiger partial charge on any atom is -0.323 e. The summed E-state index contributed by atoms with van der Waals surface area (Å²) < 4.78 is 1.91. The van der Waals surface area contributed by atoms with E-state index >= 15 is 0 Å². The summed E-state index contributed by atoms with van der Waals surface area (Å²) in [5, 5.41) is 3.40. The Kier molecular flexibility index (Phi) is 3.71. The molecule has 0 aliphatic heterocycles. The van der Waals surface area contributed by atoms with Gasteiger partial charge in [0, 0.05) is 23.0 Å². The Labute approximate surface area is 126 Å². The molecule has 5 heteroatoms. The van der Waals surface area contributed by atoms with E-state index in [1.807, 2.05) is 28.8 Å². The largest absolute Gasteiger partial charge is 0.323 e. The second-order valence-corrected chi connectivity index (χ2v) is 4.88. The lowest BCUT2D eigenvalue weighted by Gasteiger charge is -2.01. The first-order valence-corrected chi connectivity index (χ1v) is 6.77. The molecule has 21 heavy (non-hydrogen) atoms. The third-order valence-corrected chi connectivity index (χ3v) is 3.21. The van der Waals surface area contributed by atoms with Gasteiger partial charge < -0.3 is 9.72 Å². The Morgan fingerprint density at radius 1 is 1.19 bits per heavy atom. The number of nitrogens with zero attached hydrogens (tertiary/aromatic N) is 2. The highest BCUT2D eigenvalue weighted by Gasteiger charge is 2.01. The van der Waals surface area contributed by atoms with E-state index in [9.17, 15) is 4.79 Å². The predicted octanol–water partition coefficient (Wildman–Crippen LogP) is 3.64. The van der Waals surface area contributed by atoms with Gasteiger partial charge in [-0.3, -0.25) is 4.79 Å². The van der Waals surface area contributed by atoms with E-state index in [0.717, 1.165) is 11.3 Å². The van der Waals surface area contributed by atoms with E-state index in [0.29, 0.717) is 10.7 Å². The molecular weight excluding hydrogens is 286 g/mol. The van der Waals surface area contributed by atoms with Crippen LogP contribution >= 0.6 is 11.6 Å². The van der Waals surface area contributed by atoms with Gasteiger partial charge in [-0.1, -0.05) is 17.7 Å². The summed E-state index contributed by atoms with van der Waals surface area (Å²) in [4.78, 5) is 16.1. The van der Waals surface area contributed by atoms with Crippen LogP contribution in [-0.2, 0) is 4.79 Å². The summed E-state index contributed by atoms with van der Waals surface area (Å²) >= 11 is 5.80. The molecule has 1 amide bonds. The van der Waals surface area contributed by atoms with Crippen LogP contribution in [0.5, 0.6) is 0 Å². The van der Waals surface area contributed by atoms with E-state index < -0.39 is 0 Å². The number of rotatable bonds is 3. The summed E-state index contributed by atoms with van der Waals surface area (Å²) in [5.74, 6) is -0.205. The lowest BCUT2D eigenvalue weighted by atomic mass is 10.3. The summed E-state index contributed by atoms with van der Waals surface area (Å²) in [5.41, 5.74) is 2.39. The number of amides is 1. The van der Waals surface area contributed by atoms with Gasteiger partial charge in [-0.15, -0.1) is 0 Å². The van der Waals surface area contributed by atoms with Crippen molar-refractivity contribution in [1.29, 1.82) is 0 Å². The van der Waals surface area contributed by atoms with E-state index in [1.165, 1.54) is 6.08 Å². The standard InChI is InChI=1S/C16H12ClN3O/c17-12-4-6-13(7-5-12)19-16(21)9-8-14-11-18-15-3-1-2-10-20(14)15/h1-11H,(H,19,21)/b9-8+. The highest BCUT2D eigenvalue weighted by Crippen LogP contribution is 2.13. The van der Waals surface area contributed by atoms with Crippen LogP contribution in [0.3, 0.4) is 0 Å². The van der Waals surface area contributed by atoms with Gasteiger partial charge in [-0.25, -0.2) is 4.98 Å². The maximum absolute atomic E-state index is 11.9. The molecule has 0 aliphatic rings. The molecule has 2 aromatic heterocycles. The predicted molar refractivity (Wildman–Crippen MR) is 84.3 cm³/mol. The van der Waals surface area contributed by atoms with E-state index in [2.05, 4.69) is 10.3 Å². The Morgan fingerprint density at radius 2 is 2.00 bits per heavy atom. The van der Waals surface area contributed by atoms with Crippen LogP contribution in [0.1, 0.15) is 5.69 Å². The summed E-state index contributed by atoms with van der Waals surface area (Å²) in [6, 6.07) is 12.7. The number of carbonyl (C=O) groups is 1. The lowest BCUT2D eigenvalue weighted by molar-refractivity contribution is -0.111. The average Bonchev–Trinajstić information content (AvgIpc) is 2.91. The number of pyridine rings is 1. The SMILES string of the molecule is O=C(/C=C/c1cnc2ccccn12)Nc1ccc(Cl)cc1. The maximum atomic E-state index is 11.9. The van der Waals surface area contributed by atoms with Crippen molar-refractivity contribution in [3.63, 3.8) is 0 Å². The fourth-order valence-electron chi connectivity index (χ4n) is 1.95. The third-order valence-electron chi connectivity index (χ3n) is 2.96. The number of imidazole rings is 1. The molecule has 0 saturated heterocycles. The summed E-state index contributed by atoms with van der Waals surface area (Å²) in [6.45, 7) is 0. The van der Waals surface area contributed by atoms with Crippen molar-refractivity contribution < 1.29 is 4.79 Å². The first kappa shape index (κ1) is 13.4. The number of halogens is 1. The highest BCUT2D eigenvalue weighted by molar-refractivity contribution is 6.30. The third kappa shape index (κ3) is 3.12. The Bertz CT molecular complexity index is 806. The number of anilines is 1. The van der Waals surface area contributed by atoms with Crippen molar-refractivity contribution >= 4 is 34.9 Å². The van der Waals surface area contributed by atoms with Crippen molar-refractivity contribution in [1.82, 2.24) is 9.38 Å². The van der Waals surface area contributed by atoms with E-state index in [4.69, 9.17) is 11.6 Å². The zero-order chi connectivity index (χ0) is 14.7. The van der Waals surface area contributed by atoms with Crippen LogP contribution in [-0.4, -0.2) is 15.3 Å². The normalized spacial score (nSPS) is 11.1. The highest BCUT2D eigenvalue weighted by atomic mass is 35.5. The smallest absolute Gasteiger partial charge is 0.248 e. The van der Waals surface area contributed by atoms with E-state index in [-0.39, 0.29) is 5.91 Å². The van der Waals surface area contributed by atoms with Crippen molar-refractivity contribution in [2.75, 3.05) is 5.32 Å². The van der Waals surface area contributed by atoms with Crippen LogP contribution in [0.15, 0.2) is 60.9 Å². The number of nitrogens with one attached hydrogen (secondary N) is 1. The van der Waals surface area contributed by atoms with Gasteiger partial charge in [-0.05, 0) is 42.5 Å². The van der Waals surface area contributed by atoms with Crippen LogP contribution < -0.4 is 5.32 Å². The second-order valence-electron chi connectivity index (χ2n) is 4.44. The van der Waals surface area contributed by atoms with Gasteiger partial charge in [0.1, 0.15) is 5.65 Å². The molecule has 2 heterocycles. The average molecular weight is 298 g/mol. The zero-order valence-corrected chi connectivity index (χ0v) is 11.8. The Morgan fingerprint density at radius 3 is 2.81 bits per heavy atom. The minimum absolute atomic E-state index is 0.205. The minimum atomic E-state index is -0.205. The molecule has 0 fully saturated rings. The van der Waals surface area contributed by atoms with Crippen LogP contribution in [0.2, 0.25) is 5.02 Å². The van der Waals surface area contributed by atoms with Crippen LogP contribution in [0.25, 0.3) is 11.7 Å². The molecule has 104 valence electrons. The summed E-state index contributed by atoms with van der Waals surface area (Å²) in [6.07, 6.45) is 6.83. The number of hydrogen-bond donors (Lipinski definition) is 1. The number of benzene rings is 1. The van der Waals surface area contributed by atoms with Crippen molar-refractivity contribution in [2.45, 2.75) is 0 Å². The van der Waals surface area contributed by atoms with Gasteiger partial charge in [0.2, 0.25) is 5.91 Å². The Hall–Kier alpha value is -2.59. The van der Waals surface area contributed by atoms with Crippen LogP contribution in [0, 0.1) is 0 Å². The molecule has 0 bridgehead atoms. The second kappa shape index (κ2) is 5.81. The van der Waals surface area contributed by atoms with Crippen molar-refractivity contribution in [2.24, 2.45) is 0 Å². The monoisotopic (exact) mass is 297 g/mol. The summed E-state index contributed by atoms with van der Waals surface area (Å²) in [7, 11) is 0. The van der Waals surface area contributed by atoms with Crippen LogP contribution in [0.4, 0.5) is 5.69 Å². The number of carbonyl (C=O) groups excluding carboxylic acids is 1. The van der Waals surface area contributed by atoms with Crippen molar-refractivity contribution in [3.8, 4) is 0 Å². The fourth-order valence-corrected chi connectivity index (χ4v) is 2.08. The molecular formula is C16H12ClN3O. The number of fused-ring (bicyclic) bond motifs is 1. The molecule has 0 radical (unpaired) electrons. The molecule has 1 N–H and O–H groups in total. The molecule has 0 saturated carbocycles. The molecule has 4 nitrogen and oxygen atoms in total. The van der Waals surface area contributed by atoms with Gasteiger partial charge in [0.15, 0.2) is 0 Å². The van der Waals surface area contributed by atoms with E-state index in [1.54, 1.807) is 36.5 Å². The molecule has 1 aromatic carbocycles. The molecule has 3 aromatic rings. The quantitative estimate of drug-likeness (QED) is 0.750. The molecule has 0 unspecified atom stereocenters. The van der Waals surface area contributed by atoms with Crippen molar-refractivity contribution in [3.05, 3.63) is 71.7 Å².